The lowest BCUT2D eigenvalue weighted by Gasteiger charge is -2.26. The number of hydrogen-bond donors (Lipinski definition) is 2. The molecule has 0 aromatic carbocycles. The predicted molar refractivity (Wildman–Crippen MR) is 75.6 cm³/mol. The summed E-state index contributed by atoms with van der Waals surface area (Å²) in [6, 6.07) is 4.26. The van der Waals surface area contributed by atoms with Gasteiger partial charge in [0, 0.05) is 17.4 Å². The normalized spacial score (nSPS) is 37.8. The summed E-state index contributed by atoms with van der Waals surface area (Å²) in [6.45, 7) is 4.31. The van der Waals surface area contributed by atoms with E-state index in [0.29, 0.717) is 17.8 Å². The summed E-state index contributed by atoms with van der Waals surface area (Å²) in [6.07, 6.45) is 5.73. The van der Waals surface area contributed by atoms with Gasteiger partial charge in [-0.1, -0.05) is 19.9 Å². The van der Waals surface area contributed by atoms with E-state index in [1.165, 1.54) is 5.56 Å². The SMILES string of the molecule is CC(C)c1ccc(C2(N)CC3C[C@@H](O)C[C@H]3C2)cn1. The number of fused-ring (bicyclic) bond motifs is 1. The summed E-state index contributed by atoms with van der Waals surface area (Å²) in [7, 11) is 0. The molecule has 2 saturated carbocycles. The van der Waals surface area contributed by atoms with Crippen LogP contribution in [0.4, 0.5) is 0 Å². The molecule has 4 atom stereocenters. The van der Waals surface area contributed by atoms with Gasteiger partial charge in [0.25, 0.3) is 0 Å². The average molecular weight is 260 g/mol. The van der Waals surface area contributed by atoms with E-state index in [1.54, 1.807) is 0 Å². The van der Waals surface area contributed by atoms with Crippen molar-refractivity contribution >= 4 is 0 Å². The van der Waals surface area contributed by atoms with Gasteiger partial charge in [0.2, 0.25) is 0 Å². The minimum Gasteiger partial charge on any atom is -0.393 e. The van der Waals surface area contributed by atoms with Crippen LogP contribution in [0.1, 0.15) is 56.7 Å². The van der Waals surface area contributed by atoms with E-state index in [0.717, 1.165) is 31.4 Å². The van der Waals surface area contributed by atoms with Gasteiger partial charge in [0.05, 0.1) is 6.10 Å². The molecule has 2 aliphatic carbocycles. The van der Waals surface area contributed by atoms with Gasteiger partial charge in [-0.2, -0.15) is 0 Å². The third-order valence-electron chi connectivity index (χ3n) is 5.02. The summed E-state index contributed by atoms with van der Waals surface area (Å²) < 4.78 is 0. The zero-order valence-electron chi connectivity index (χ0n) is 11.8. The molecule has 0 radical (unpaired) electrons. The monoisotopic (exact) mass is 260 g/mol. The van der Waals surface area contributed by atoms with Crippen molar-refractivity contribution in [1.82, 2.24) is 4.98 Å². The Kier molecular flexibility index (Phi) is 3.14. The molecule has 0 saturated heterocycles. The van der Waals surface area contributed by atoms with Gasteiger partial charge in [-0.05, 0) is 55.1 Å². The molecule has 1 aromatic rings. The first kappa shape index (κ1) is 13.1. The predicted octanol–water partition coefficient (Wildman–Crippen LogP) is 2.54. The zero-order chi connectivity index (χ0) is 13.6. The van der Waals surface area contributed by atoms with Crippen molar-refractivity contribution in [2.45, 2.75) is 57.1 Å². The lowest BCUT2D eigenvalue weighted by Crippen LogP contribution is -2.34. The van der Waals surface area contributed by atoms with Gasteiger partial charge >= 0.3 is 0 Å². The van der Waals surface area contributed by atoms with Gasteiger partial charge in [0.1, 0.15) is 0 Å². The molecule has 0 amide bonds. The summed E-state index contributed by atoms with van der Waals surface area (Å²) in [5.41, 5.74) is 8.69. The molecule has 3 N–H and O–H groups in total. The van der Waals surface area contributed by atoms with Crippen LogP contribution in [0.5, 0.6) is 0 Å². The molecule has 104 valence electrons. The van der Waals surface area contributed by atoms with Crippen LogP contribution in [0, 0.1) is 11.8 Å². The summed E-state index contributed by atoms with van der Waals surface area (Å²) >= 11 is 0. The highest BCUT2D eigenvalue weighted by atomic mass is 16.3. The van der Waals surface area contributed by atoms with Crippen LogP contribution in [-0.4, -0.2) is 16.2 Å². The minimum atomic E-state index is -0.224. The second kappa shape index (κ2) is 4.57. The lowest BCUT2D eigenvalue weighted by molar-refractivity contribution is 0.166. The van der Waals surface area contributed by atoms with E-state index < -0.39 is 0 Å². The smallest absolute Gasteiger partial charge is 0.0545 e. The van der Waals surface area contributed by atoms with E-state index in [4.69, 9.17) is 5.73 Å². The first-order valence-electron chi connectivity index (χ1n) is 7.41. The minimum absolute atomic E-state index is 0.0963. The van der Waals surface area contributed by atoms with E-state index in [9.17, 15) is 5.11 Å². The number of hydrogen-bond acceptors (Lipinski definition) is 3. The standard InChI is InChI=1S/C16H24N2O/c1-10(2)15-4-3-13(9-18-15)16(17)7-11-5-14(19)6-12(11)8-16/h3-4,9-12,14,19H,5-8,17H2,1-2H3/t11-,12?,14-,16?/m0/s1. The van der Waals surface area contributed by atoms with Crippen LogP contribution in [0.15, 0.2) is 18.3 Å². The Balaban J connectivity index is 1.79. The van der Waals surface area contributed by atoms with E-state index in [1.807, 2.05) is 6.20 Å². The Morgan fingerprint density at radius 3 is 2.37 bits per heavy atom. The molecule has 0 bridgehead atoms. The molecule has 2 fully saturated rings. The van der Waals surface area contributed by atoms with Crippen LogP contribution in [0.3, 0.4) is 0 Å². The lowest BCUT2D eigenvalue weighted by atomic mass is 9.87. The van der Waals surface area contributed by atoms with Gasteiger partial charge < -0.3 is 10.8 Å². The van der Waals surface area contributed by atoms with Crippen LogP contribution < -0.4 is 5.73 Å². The van der Waals surface area contributed by atoms with Gasteiger partial charge in [-0.25, -0.2) is 0 Å². The maximum absolute atomic E-state index is 9.72. The molecule has 3 heteroatoms. The van der Waals surface area contributed by atoms with Crippen molar-refractivity contribution in [2.75, 3.05) is 0 Å². The van der Waals surface area contributed by atoms with Crippen molar-refractivity contribution in [3.63, 3.8) is 0 Å². The Bertz CT molecular complexity index is 440. The van der Waals surface area contributed by atoms with Crippen LogP contribution in [0.25, 0.3) is 0 Å². The number of aromatic nitrogens is 1. The van der Waals surface area contributed by atoms with Crippen LogP contribution in [0.2, 0.25) is 0 Å². The number of nitrogens with zero attached hydrogens (tertiary/aromatic N) is 1. The first-order chi connectivity index (χ1) is 8.98. The van der Waals surface area contributed by atoms with E-state index in [-0.39, 0.29) is 11.6 Å². The van der Waals surface area contributed by atoms with E-state index >= 15 is 0 Å². The fourth-order valence-corrected chi connectivity index (χ4v) is 3.98. The molecule has 2 aliphatic rings. The third-order valence-corrected chi connectivity index (χ3v) is 5.02. The highest BCUT2D eigenvalue weighted by Gasteiger charge is 2.48. The maximum atomic E-state index is 9.72. The van der Waals surface area contributed by atoms with Crippen molar-refractivity contribution < 1.29 is 5.11 Å². The molecule has 1 aromatic heterocycles. The zero-order valence-corrected chi connectivity index (χ0v) is 11.8. The fourth-order valence-electron chi connectivity index (χ4n) is 3.98. The fraction of sp³-hybridized carbons (Fsp3) is 0.688. The summed E-state index contributed by atoms with van der Waals surface area (Å²) in [5.74, 6) is 1.66. The number of nitrogens with two attached hydrogens (primary N) is 1. The second-order valence-electron chi connectivity index (χ2n) is 6.84. The first-order valence-corrected chi connectivity index (χ1v) is 7.41. The van der Waals surface area contributed by atoms with Gasteiger partial charge in [-0.15, -0.1) is 0 Å². The molecule has 3 rings (SSSR count). The van der Waals surface area contributed by atoms with Crippen molar-refractivity contribution in [3.05, 3.63) is 29.6 Å². The number of aliphatic hydroxyl groups is 1. The quantitative estimate of drug-likeness (QED) is 0.859. The second-order valence-corrected chi connectivity index (χ2v) is 6.84. The van der Waals surface area contributed by atoms with Crippen LogP contribution >= 0.6 is 0 Å². The maximum Gasteiger partial charge on any atom is 0.0545 e. The molecule has 1 heterocycles. The topological polar surface area (TPSA) is 59.1 Å². The van der Waals surface area contributed by atoms with Crippen molar-refractivity contribution in [3.8, 4) is 0 Å². The largest absolute Gasteiger partial charge is 0.393 e. The number of pyridine rings is 1. The summed E-state index contributed by atoms with van der Waals surface area (Å²) in [4.78, 5) is 4.55. The Labute approximate surface area is 115 Å². The van der Waals surface area contributed by atoms with Gasteiger partial charge in [-0.3, -0.25) is 4.98 Å². The number of rotatable bonds is 2. The Morgan fingerprint density at radius 1 is 1.26 bits per heavy atom. The highest BCUT2D eigenvalue weighted by Crippen LogP contribution is 2.51. The molecular formula is C16H24N2O. The molecule has 19 heavy (non-hydrogen) atoms. The molecule has 2 unspecified atom stereocenters. The van der Waals surface area contributed by atoms with E-state index in [2.05, 4.69) is 31.0 Å². The van der Waals surface area contributed by atoms with Crippen molar-refractivity contribution in [2.24, 2.45) is 17.6 Å². The average Bonchev–Trinajstić information content (AvgIpc) is 2.83. The Morgan fingerprint density at radius 2 is 1.89 bits per heavy atom. The molecular weight excluding hydrogens is 236 g/mol. The number of aliphatic hydroxyl groups excluding tert-OH is 1. The van der Waals surface area contributed by atoms with Gasteiger partial charge in [0.15, 0.2) is 0 Å². The summed E-state index contributed by atoms with van der Waals surface area (Å²) in [5, 5.41) is 9.72. The molecule has 0 aliphatic heterocycles. The molecule has 0 spiro atoms. The van der Waals surface area contributed by atoms with Crippen LogP contribution in [-0.2, 0) is 5.54 Å². The Hall–Kier alpha value is -0.930. The third kappa shape index (κ3) is 2.30. The van der Waals surface area contributed by atoms with Crippen molar-refractivity contribution in [1.29, 1.82) is 0 Å². The molecule has 3 nitrogen and oxygen atoms in total. The highest BCUT2D eigenvalue weighted by molar-refractivity contribution is 5.26.